The first-order chi connectivity index (χ1) is 9.66. The molecule has 3 aliphatic rings. The Kier molecular flexibility index (Phi) is 3.78. The topological polar surface area (TPSA) is 75.6 Å². The second kappa shape index (κ2) is 5.56. The third-order valence-corrected chi connectivity index (χ3v) is 4.87. The summed E-state index contributed by atoms with van der Waals surface area (Å²) in [5.41, 5.74) is 0. The van der Waals surface area contributed by atoms with Crippen molar-refractivity contribution in [2.75, 3.05) is 19.8 Å². The predicted molar refractivity (Wildman–Crippen MR) is 71.9 cm³/mol. The van der Waals surface area contributed by atoms with E-state index >= 15 is 0 Å². The average Bonchev–Trinajstić information content (AvgIpc) is 3.06. The van der Waals surface area contributed by atoms with Crippen LogP contribution in [0, 0.1) is 29.6 Å². The molecule has 2 aliphatic carbocycles. The van der Waals surface area contributed by atoms with Crippen molar-refractivity contribution < 1.29 is 19.4 Å². The van der Waals surface area contributed by atoms with Crippen molar-refractivity contribution in [1.82, 2.24) is 5.32 Å². The average molecular weight is 279 g/mol. The van der Waals surface area contributed by atoms with Gasteiger partial charge in [0.25, 0.3) is 0 Å². The monoisotopic (exact) mass is 279 g/mol. The van der Waals surface area contributed by atoms with Crippen LogP contribution in [0.15, 0.2) is 12.2 Å². The molecule has 5 nitrogen and oxygen atoms in total. The Hall–Kier alpha value is -1.36. The Labute approximate surface area is 118 Å². The highest BCUT2D eigenvalue weighted by atomic mass is 16.5. The molecule has 1 heterocycles. The van der Waals surface area contributed by atoms with E-state index in [1.54, 1.807) is 0 Å². The number of carboxylic acids is 1. The van der Waals surface area contributed by atoms with Crippen molar-refractivity contribution in [3.8, 4) is 0 Å². The minimum atomic E-state index is -0.844. The maximum absolute atomic E-state index is 12.3. The normalized spacial score (nSPS) is 38.9. The lowest BCUT2D eigenvalue weighted by molar-refractivity contribution is -0.147. The first-order valence-electron chi connectivity index (χ1n) is 7.43. The molecule has 1 amide bonds. The largest absolute Gasteiger partial charge is 0.481 e. The molecule has 110 valence electrons. The summed E-state index contributed by atoms with van der Waals surface area (Å²) in [5, 5.41) is 12.3. The molecule has 20 heavy (non-hydrogen) atoms. The Bertz CT molecular complexity index is 428. The number of rotatable bonds is 4. The fourth-order valence-corrected chi connectivity index (χ4v) is 3.85. The Morgan fingerprint density at radius 2 is 2.00 bits per heavy atom. The number of fused-ring (bicyclic) bond motifs is 2. The number of hydrogen-bond acceptors (Lipinski definition) is 3. The molecule has 0 aromatic heterocycles. The molecule has 2 bridgehead atoms. The van der Waals surface area contributed by atoms with Crippen molar-refractivity contribution in [2.45, 2.75) is 19.3 Å². The molecular weight excluding hydrogens is 258 g/mol. The molecule has 0 aromatic carbocycles. The van der Waals surface area contributed by atoms with Gasteiger partial charge in [0.1, 0.15) is 0 Å². The molecule has 5 unspecified atom stereocenters. The van der Waals surface area contributed by atoms with Gasteiger partial charge in [0.2, 0.25) is 5.91 Å². The first-order valence-corrected chi connectivity index (χ1v) is 7.43. The summed E-state index contributed by atoms with van der Waals surface area (Å²) in [6.45, 7) is 2.10. The Morgan fingerprint density at radius 1 is 1.25 bits per heavy atom. The molecular formula is C15H21NO4. The summed E-state index contributed by atoms with van der Waals surface area (Å²) in [6.07, 6.45) is 6.89. The molecule has 1 aliphatic heterocycles. The zero-order valence-electron chi connectivity index (χ0n) is 11.5. The van der Waals surface area contributed by atoms with E-state index in [1.807, 2.05) is 12.2 Å². The zero-order valence-corrected chi connectivity index (χ0v) is 11.5. The van der Waals surface area contributed by atoms with Gasteiger partial charge >= 0.3 is 5.97 Å². The van der Waals surface area contributed by atoms with E-state index in [2.05, 4.69) is 5.32 Å². The van der Waals surface area contributed by atoms with Crippen LogP contribution >= 0.6 is 0 Å². The van der Waals surface area contributed by atoms with Gasteiger partial charge in [-0.15, -0.1) is 0 Å². The number of carbonyl (C=O) groups is 2. The highest BCUT2D eigenvalue weighted by Crippen LogP contribution is 2.48. The second-order valence-corrected chi connectivity index (χ2v) is 6.17. The highest BCUT2D eigenvalue weighted by molar-refractivity contribution is 5.86. The number of carbonyl (C=O) groups excluding carboxylic acids is 1. The lowest BCUT2D eigenvalue weighted by Gasteiger charge is -2.26. The van der Waals surface area contributed by atoms with E-state index in [1.165, 1.54) is 0 Å². The Balaban J connectivity index is 1.58. The lowest BCUT2D eigenvalue weighted by Crippen LogP contribution is -2.42. The van der Waals surface area contributed by atoms with Gasteiger partial charge in [0, 0.05) is 13.2 Å². The number of ether oxygens (including phenoxy) is 1. The molecule has 0 radical (unpaired) electrons. The van der Waals surface area contributed by atoms with Crippen LogP contribution in [-0.4, -0.2) is 36.7 Å². The van der Waals surface area contributed by atoms with Gasteiger partial charge in [-0.2, -0.15) is 0 Å². The van der Waals surface area contributed by atoms with Crippen LogP contribution in [0.2, 0.25) is 0 Å². The van der Waals surface area contributed by atoms with E-state index in [0.717, 1.165) is 25.9 Å². The smallest absolute Gasteiger partial charge is 0.307 e. The summed E-state index contributed by atoms with van der Waals surface area (Å²) in [7, 11) is 0. The van der Waals surface area contributed by atoms with Crippen LogP contribution in [0.25, 0.3) is 0 Å². The molecule has 1 saturated heterocycles. The van der Waals surface area contributed by atoms with Crippen LogP contribution in [-0.2, 0) is 14.3 Å². The summed E-state index contributed by atoms with van der Waals surface area (Å²) in [5.74, 6) is -1.39. The van der Waals surface area contributed by atoms with E-state index in [0.29, 0.717) is 19.1 Å². The van der Waals surface area contributed by atoms with Crippen molar-refractivity contribution in [1.29, 1.82) is 0 Å². The summed E-state index contributed by atoms with van der Waals surface area (Å²) >= 11 is 0. The fraction of sp³-hybridized carbons (Fsp3) is 0.733. The van der Waals surface area contributed by atoms with Crippen molar-refractivity contribution in [3.05, 3.63) is 12.2 Å². The van der Waals surface area contributed by atoms with E-state index < -0.39 is 17.8 Å². The van der Waals surface area contributed by atoms with Gasteiger partial charge in [-0.05, 0) is 37.0 Å². The van der Waals surface area contributed by atoms with Crippen LogP contribution in [0.3, 0.4) is 0 Å². The molecule has 0 spiro atoms. The van der Waals surface area contributed by atoms with Crippen LogP contribution in [0.4, 0.5) is 0 Å². The van der Waals surface area contributed by atoms with Crippen molar-refractivity contribution in [3.63, 3.8) is 0 Å². The minimum absolute atomic E-state index is 0.0336. The minimum Gasteiger partial charge on any atom is -0.481 e. The number of amides is 1. The molecule has 0 aromatic rings. The van der Waals surface area contributed by atoms with E-state index in [4.69, 9.17) is 4.74 Å². The summed E-state index contributed by atoms with van der Waals surface area (Å²) in [4.78, 5) is 23.7. The number of nitrogens with one attached hydrogen (secondary N) is 1. The van der Waals surface area contributed by atoms with Gasteiger partial charge in [-0.1, -0.05) is 12.2 Å². The summed E-state index contributed by atoms with van der Waals surface area (Å²) in [6, 6.07) is 0. The molecule has 5 atom stereocenters. The van der Waals surface area contributed by atoms with E-state index in [-0.39, 0.29) is 17.7 Å². The van der Waals surface area contributed by atoms with Gasteiger partial charge in [-0.3, -0.25) is 9.59 Å². The van der Waals surface area contributed by atoms with Gasteiger partial charge in [0.15, 0.2) is 0 Å². The molecule has 3 rings (SSSR count). The Morgan fingerprint density at radius 3 is 2.65 bits per heavy atom. The van der Waals surface area contributed by atoms with Crippen LogP contribution in [0.1, 0.15) is 19.3 Å². The molecule has 2 fully saturated rings. The molecule has 2 N–H and O–H groups in total. The number of hydrogen-bond donors (Lipinski definition) is 2. The van der Waals surface area contributed by atoms with Gasteiger partial charge in [-0.25, -0.2) is 0 Å². The second-order valence-electron chi connectivity index (χ2n) is 6.17. The maximum Gasteiger partial charge on any atom is 0.307 e. The van der Waals surface area contributed by atoms with Crippen molar-refractivity contribution in [2.24, 2.45) is 29.6 Å². The first kappa shape index (κ1) is 13.6. The van der Waals surface area contributed by atoms with E-state index in [9.17, 15) is 14.7 Å². The third kappa shape index (κ3) is 2.46. The fourth-order valence-electron chi connectivity index (χ4n) is 3.85. The van der Waals surface area contributed by atoms with Gasteiger partial charge in [0.05, 0.1) is 18.4 Å². The molecule has 1 saturated carbocycles. The lowest BCUT2D eigenvalue weighted by atomic mass is 9.82. The van der Waals surface area contributed by atoms with Crippen LogP contribution in [0.5, 0.6) is 0 Å². The predicted octanol–water partition coefficient (Wildman–Crippen LogP) is 1.05. The molecule has 5 heteroatoms. The SMILES string of the molecule is O=C(O)C1C2C=CC(C2)C1C(=O)NCC1CCCOC1. The zero-order chi connectivity index (χ0) is 14.1. The summed E-state index contributed by atoms with van der Waals surface area (Å²) < 4.78 is 5.39. The highest BCUT2D eigenvalue weighted by Gasteiger charge is 2.51. The quantitative estimate of drug-likeness (QED) is 0.754. The standard InChI is InChI=1S/C15H21NO4/c17-14(16-7-9-2-1-5-20-8-9)12-10-3-4-11(6-10)13(12)15(18)19/h3-4,9-13H,1-2,5-8H2,(H,16,17)(H,18,19). The van der Waals surface area contributed by atoms with Gasteiger partial charge < -0.3 is 15.2 Å². The third-order valence-electron chi connectivity index (χ3n) is 4.87. The van der Waals surface area contributed by atoms with Crippen LogP contribution < -0.4 is 5.32 Å². The number of aliphatic carboxylic acids is 1. The number of allylic oxidation sites excluding steroid dienone is 2. The number of carboxylic acid groups (broad SMARTS) is 1. The van der Waals surface area contributed by atoms with Crippen molar-refractivity contribution >= 4 is 11.9 Å². The maximum atomic E-state index is 12.3.